The van der Waals surface area contributed by atoms with Crippen molar-refractivity contribution in [1.29, 1.82) is 0 Å². The van der Waals surface area contributed by atoms with Crippen molar-refractivity contribution in [2.24, 2.45) is 0 Å². The minimum absolute atomic E-state index is 0. The van der Waals surface area contributed by atoms with Gasteiger partial charge in [-0.15, -0.1) is 0 Å². The Bertz CT molecular complexity index is 560. The summed E-state index contributed by atoms with van der Waals surface area (Å²) in [7, 11) is 2.24. The van der Waals surface area contributed by atoms with Crippen molar-refractivity contribution < 1.29 is 38.3 Å². The first-order valence-electron chi connectivity index (χ1n) is 8.79. The lowest BCUT2D eigenvalue weighted by Gasteiger charge is -2.33. The second kappa shape index (κ2) is 10.3. The molecule has 1 N–H and O–H groups in total. The van der Waals surface area contributed by atoms with Gasteiger partial charge in [0.05, 0.1) is 33.4 Å². The molecule has 0 aliphatic carbocycles. The lowest BCUT2D eigenvalue weighted by Crippen LogP contribution is -3.00. The van der Waals surface area contributed by atoms with Crippen LogP contribution in [0.25, 0.3) is 0 Å². The van der Waals surface area contributed by atoms with E-state index in [1.807, 2.05) is 60.7 Å². The first-order valence-corrected chi connectivity index (χ1v) is 8.79. The highest BCUT2D eigenvalue weighted by Crippen LogP contribution is 2.29. The van der Waals surface area contributed by atoms with Crippen molar-refractivity contribution in [3.63, 3.8) is 0 Å². The fourth-order valence-electron chi connectivity index (χ4n) is 2.81. The molecular formula is C21H30INO2. The second-order valence-electron chi connectivity index (χ2n) is 6.62. The Balaban J connectivity index is 0.00000312. The number of likely N-dealkylation sites (N-methyl/N-ethyl adjacent to an activating group) is 1. The standard InChI is InChI=1S/C21H30NO2.HI/c1-4-22(3,5-2)16-17-24-18-21(23,19-12-8-6-9-13-19)20-14-10-7-11-15-20;/h6-15,23H,4-5,16-18H2,1-3H3;1H/q+1;/p-1. The Morgan fingerprint density at radius 1 is 0.880 bits per heavy atom. The Hall–Kier alpha value is -0.950. The lowest BCUT2D eigenvalue weighted by atomic mass is 9.87. The van der Waals surface area contributed by atoms with Crippen molar-refractivity contribution in [2.75, 3.05) is 39.9 Å². The predicted molar refractivity (Wildman–Crippen MR) is 98.8 cm³/mol. The van der Waals surface area contributed by atoms with E-state index in [4.69, 9.17) is 4.74 Å². The van der Waals surface area contributed by atoms with Crippen LogP contribution in [0.3, 0.4) is 0 Å². The number of nitrogens with zero attached hydrogens (tertiary/aromatic N) is 1. The van der Waals surface area contributed by atoms with Crippen LogP contribution >= 0.6 is 0 Å². The van der Waals surface area contributed by atoms with Crippen LogP contribution in [0.4, 0.5) is 0 Å². The van der Waals surface area contributed by atoms with Gasteiger partial charge in [0.25, 0.3) is 0 Å². The molecule has 138 valence electrons. The summed E-state index contributed by atoms with van der Waals surface area (Å²) in [6.45, 7) is 8.42. The first kappa shape index (κ1) is 22.1. The molecule has 0 atom stereocenters. The van der Waals surface area contributed by atoms with Crippen molar-refractivity contribution in [3.05, 3.63) is 71.8 Å². The van der Waals surface area contributed by atoms with Crippen molar-refractivity contribution >= 4 is 0 Å². The summed E-state index contributed by atoms with van der Waals surface area (Å²) in [5.74, 6) is 0. The van der Waals surface area contributed by atoms with Gasteiger partial charge in [0.1, 0.15) is 12.1 Å². The highest BCUT2D eigenvalue weighted by Gasteiger charge is 2.32. The molecule has 2 aromatic rings. The highest BCUT2D eigenvalue weighted by molar-refractivity contribution is 5.35. The maximum atomic E-state index is 11.4. The van der Waals surface area contributed by atoms with Gasteiger partial charge in [-0.1, -0.05) is 60.7 Å². The number of aliphatic hydroxyl groups is 1. The molecule has 0 unspecified atom stereocenters. The molecule has 3 nitrogen and oxygen atoms in total. The van der Waals surface area contributed by atoms with Crippen LogP contribution < -0.4 is 24.0 Å². The van der Waals surface area contributed by atoms with Crippen LogP contribution in [-0.4, -0.2) is 49.5 Å². The summed E-state index contributed by atoms with van der Waals surface area (Å²) in [4.78, 5) is 0. The average Bonchev–Trinajstić information content (AvgIpc) is 2.66. The van der Waals surface area contributed by atoms with E-state index in [0.717, 1.165) is 35.2 Å². The molecule has 0 amide bonds. The third-order valence-electron chi connectivity index (χ3n) is 5.12. The number of ether oxygens (including phenoxy) is 1. The van der Waals surface area contributed by atoms with Crippen molar-refractivity contribution in [2.45, 2.75) is 19.4 Å². The molecule has 2 aromatic carbocycles. The zero-order valence-corrected chi connectivity index (χ0v) is 17.6. The van der Waals surface area contributed by atoms with E-state index in [9.17, 15) is 5.11 Å². The summed E-state index contributed by atoms with van der Waals surface area (Å²) >= 11 is 0. The maximum Gasteiger partial charge on any atom is 0.138 e. The molecule has 0 aliphatic rings. The SMILES string of the molecule is CC[N+](C)(CC)CCOCC(O)(c1ccccc1)c1ccccc1.[I-]. The number of hydrogen-bond acceptors (Lipinski definition) is 2. The predicted octanol–water partition coefficient (Wildman–Crippen LogP) is 0.430. The minimum Gasteiger partial charge on any atom is -1.00 e. The third-order valence-corrected chi connectivity index (χ3v) is 5.12. The van der Waals surface area contributed by atoms with Gasteiger partial charge in [0.15, 0.2) is 0 Å². The number of rotatable bonds is 9. The van der Waals surface area contributed by atoms with Gasteiger partial charge < -0.3 is 38.3 Å². The fraction of sp³-hybridized carbons (Fsp3) is 0.429. The van der Waals surface area contributed by atoms with Gasteiger partial charge in [0.2, 0.25) is 0 Å². The number of halogens is 1. The molecule has 0 aliphatic heterocycles. The molecule has 0 radical (unpaired) electrons. The molecule has 25 heavy (non-hydrogen) atoms. The fourth-order valence-corrected chi connectivity index (χ4v) is 2.81. The summed E-state index contributed by atoms with van der Waals surface area (Å²) in [5.41, 5.74) is 0.600. The van der Waals surface area contributed by atoms with E-state index in [2.05, 4.69) is 20.9 Å². The van der Waals surface area contributed by atoms with Crippen LogP contribution in [-0.2, 0) is 10.3 Å². The quantitative estimate of drug-likeness (QED) is 0.338. The monoisotopic (exact) mass is 455 g/mol. The smallest absolute Gasteiger partial charge is 0.138 e. The molecular weight excluding hydrogens is 425 g/mol. The zero-order chi connectivity index (χ0) is 17.5. The Morgan fingerprint density at radius 3 is 1.72 bits per heavy atom. The normalized spacial score (nSPS) is 11.8. The maximum absolute atomic E-state index is 11.4. The van der Waals surface area contributed by atoms with Crippen LogP contribution in [0, 0.1) is 0 Å². The van der Waals surface area contributed by atoms with Crippen LogP contribution in [0.1, 0.15) is 25.0 Å². The van der Waals surface area contributed by atoms with E-state index in [0.29, 0.717) is 6.61 Å². The summed E-state index contributed by atoms with van der Waals surface area (Å²) in [6, 6.07) is 19.5. The van der Waals surface area contributed by atoms with E-state index < -0.39 is 5.60 Å². The minimum atomic E-state index is -1.12. The van der Waals surface area contributed by atoms with Gasteiger partial charge in [0, 0.05) is 0 Å². The molecule has 0 saturated carbocycles. The van der Waals surface area contributed by atoms with Gasteiger partial charge in [-0.25, -0.2) is 0 Å². The molecule has 0 saturated heterocycles. The summed E-state index contributed by atoms with van der Waals surface area (Å²) in [5, 5.41) is 11.4. The molecule has 2 rings (SSSR count). The Morgan fingerprint density at radius 2 is 1.32 bits per heavy atom. The third kappa shape index (κ3) is 5.78. The molecule has 0 heterocycles. The van der Waals surface area contributed by atoms with Gasteiger partial charge >= 0.3 is 0 Å². The van der Waals surface area contributed by atoms with Gasteiger partial charge in [-0.2, -0.15) is 0 Å². The van der Waals surface area contributed by atoms with E-state index >= 15 is 0 Å². The molecule has 4 heteroatoms. The molecule has 0 fully saturated rings. The van der Waals surface area contributed by atoms with E-state index in [-0.39, 0.29) is 30.6 Å². The zero-order valence-electron chi connectivity index (χ0n) is 15.5. The number of hydrogen-bond donors (Lipinski definition) is 1. The second-order valence-corrected chi connectivity index (χ2v) is 6.62. The number of quaternary nitrogens is 1. The summed E-state index contributed by atoms with van der Waals surface area (Å²) < 4.78 is 6.92. The van der Waals surface area contributed by atoms with Gasteiger partial charge in [-0.3, -0.25) is 0 Å². The van der Waals surface area contributed by atoms with E-state index in [1.165, 1.54) is 0 Å². The Labute approximate surface area is 169 Å². The molecule has 0 spiro atoms. The molecule has 0 aromatic heterocycles. The van der Waals surface area contributed by atoms with E-state index in [1.54, 1.807) is 0 Å². The largest absolute Gasteiger partial charge is 1.00 e. The van der Waals surface area contributed by atoms with Crippen molar-refractivity contribution in [1.82, 2.24) is 0 Å². The number of benzene rings is 2. The van der Waals surface area contributed by atoms with Crippen molar-refractivity contribution in [3.8, 4) is 0 Å². The van der Waals surface area contributed by atoms with Crippen LogP contribution in [0.2, 0.25) is 0 Å². The van der Waals surface area contributed by atoms with Gasteiger partial charge in [-0.05, 0) is 25.0 Å². The van der Waals surface area contributed by atoms with Crippen LogP contribution in [0.5, 0.6) is 0 Å². The lowest BCUT2D eigenvalue weighted by molar-refractivity contribution is -0.906. The highest BCUT2D eigenvalue weighted by atomic mass is 127. The topological polar surface area (TPSA) is 29.5 Å². The average molecular weight is 455 g/mol. The Kier molecular flexibility index (Phi) is 9.07. The first-order chi connectivity index (χ1) is 11.5. The summed E-state index contributed by atoms with van der Waals surface area (Å²) in [6.07, 6.45) is 0. The molecule has 0 bridgehead atoms. The van der Waals surface area contributed by atoms with Crippen LogP contribution in [0.15, 0.2) is 60.7 Å².